The highest BCUT2D eigenvalue weighted by atomic mass is 32.2. The third kappa shape index (κ3) is 5.00. The van der Waals surface area contributed by atoms with Gasteiger partial charge in [0.15, 0.2) is 5.13 Å². The molecule has 2 aliphatic heterocycles. The van der Waals surface area contributed by atoms with Crippen LogP contribution in [0.1, 0.15) is 54.2 Å². The summed E-state index contributed by atoms with van der Waals surface area (Å²) in [5.41, 5.74) is 2.31. The van der Waals surface area contributed by atoms with Gasteiger partial charge in [0.25, 0.3) is 5.91 Å². The number of nitrogens with one attached hydrogen (secondary N) is 2. The smallest absolute Gasteiger partial charge is 0.256 e. The quantitative estimate of drug-likeness (QED) is 0.341. The minimum atomic E-state index is -3.91. The molecule has 1 saturated carbocycles. The Morgan fingerprint density at radius 2 is 1.95 bits per heavy atom. The largest absolute Gasteiger partial charge is 0.394 e. The summed E-state index contributed by atoms with van der Waals surface area (Å²) in [5, 5.41) is 13.4. The van der Waals surface area contributed by atoms with Crippen molar-refractivity contribution in [3.05, 3.63) is 47.2 Å². The zero-order valence-corrected chi connectivity index (χ0v) is 24.7. The topological polar surface area (TPSA) is 145 Å². The number of carbonyl (C=O) groups is 2. The van der Waals surface area contributed by atoms with Gasteiger partial charge in [0.05, 0.1) is 33.7 Å². The van der Waals surface area contributed by atoms with E-state index in [0.717, 1.165) is 17.7 Å². The van der Waals surface area contributed by atoms with Crippen molar-refractivity contribution in [1.82, 2.24) is 19.6 Å². The Labute approximate surface area is 242 Å². The second-order valence-electron chi connectivity index (χ2n) is 10.8. The zero-order valence-electron chi connectivity index (χ0n) is 23.0. The Kier molecular flexibility index (Phi) is 7.09. The first-order chi connectivity index (χ1) is 19.6. The lowest BCUT2D eigenvalue weighted by molar-refractivity contribution is -0.117. The van der Waals surface area contributed by atoms with E-state index in [1.54, 1.807) is 29.2 Å². The predicted molar refractivity (Wildman–Crippen MR) is 156 cm³/mol. The number of thiazole rings is 1. The fraction of sp³-hybridized carbons (Fsp3) is 0.429. The number of pyridine rings is 1. The van der Waals surface area contributed by atoms with Crippen LogP contribution in [-0.2, 0) is 21.4 Å². The van der Waals surface area contributed by atoms with Gasteiger partial charge >= 0.3 is 0 Å². The molecular weight excluding hydrogens is 564 g/mol. The first-order valence-electron chi connectivity index (χ1n) is 13.7. The number of amides is 2. The van der Waals surface area contributed by atoms with E-state index >= 15 is 0 Å². The van der Waals surface area contributed by atoms with Crippen LogP contribution in [0.3, 0.4) is 0 Å². The van der Waals surface area contributed by atoms with E-state index in [9.17, 15) is 23.1 Å². The van der Waals surface area contributed by atoms with Crippen molar-refractivity contribution >= 4 is 49.9 Å². The van der Waals surface area contributed by atoms with E-state index in [1.165, 1.54) is 23.3 Å². The average molecular weight is 597 g/mol. The Bertz CT molecular complexity index is 1650. The molecule has 1 aromatic carbocycles. The molecule has 2 fully saturated rings. The summed E-state index contributed by atoms with van der Waals surface area (Å²) in [7, 11) is -2.56. The maximum Gasteiger partial charge on any atom is 0.256 e. The molecule has 3 aromatic rings. The maximum absolute atomic E-state index is 13.4. The Morgan fingerprint density at radius 3 is 2.66 bits per heavy atom. The molecule has 4 heterocycles. The normalized spacial score (nSPS) is 19.7. The van der Waals surface area contributed by atoms with Crippen molar-refractivity contribution in [1.29, 1.82) is 0 Å². The van der Waals surface area contributed by atoms with Crippen LogP contribution in [0, 0.1) is 12.8 Å². The van der Waals surface area contributed by atoms with Crippen molar-refractivity contribution in [2.75, 3.05) is 23.9 Å². The summed E-state index contributed by atoms with van der Waals surface area (Å²) in [4.78, 5) is 39.2. The zero-order chi connectivity index (χ0) is 29.1. The van der Waals surface area contributed by atoms with Gasteiger partial charge in [-0.3, -0.25) is 14.5 Å². The van der Waals surface area contributed by atoms with Gasteiger partial charge in [-0.05, 0) is 81.5 Å². The van der Waals surface area contributed by atoms with Crippen LogP contribution >= 0.6 is 11.3 Å². The molecule has 0 radical (unpaired) electrons. The fourth-order valence-corrected chi connectivity index (χ4v) is 7.69. The number of hydrogen-bond acceptors (Lipinski definition) is 9. The van der Waals surface area contributed by atoms with Crippen molar-refractivity contribution in [2.45, 2.75) is 63.1 Å². The highest BCUT2D eigenvalue weighted by molar-refractivity contribution is 7.89. The van der Waals surface area contributed by atoms with Gasteiger partial charge < -0.3 is 15.3 Å². The molecule has 3 aliphatic rings. The molecule has 13 heteroatoms. The van der Waals surface area contributed by atoms with Crippen molar-refractivity contribution in [2.24, 2.45) is 5.92 Å². The predicted octanol–water partition coefficient (Wildman–Crippen LogP) is 3.41. The number of fused-ring (bicyclic) bond motifs is 1. The van der Waals surface area contributed by atoms with Gasteiger partial charge in [-0.1, -0.05) is 17.4 Å². The first kappa shape index (κ1) is 27.8. The number of anilines is 3. The maximum atomic E-state index is 13.4. The van der Waals surface area contributed by atoms with Gasteiger partial charge in [0.1, 0.15) is 11.6 Å². The lowest BCUT2D eigenvalue weighted by Crippen LogP contribution is -2.36. The van der Waals surface area contributed by atoms with E-state index in [1.807, 2.05) is 19.9 Å². The van der Waals surface area contributed by atoms with Gasteiger partial charge in [-0.25, -0.2) is 23.1 Å². The number of aromatic nitrogens is 2. The highest BCUT2D eigenvalue weighted by Gasteiger charge is 2.41. The van der Waals surface area contributed by atoms with E-state index < -0.39 is 10.0 Å². The highest BCUT2D eigenvalue weighted by Crippen LogP contribution is 2.42. The van der Waals surface area contributed by atoms with Crippen molar-refractivity contribution in [3.63, 3.8) is 0 Å². The molecule has 1 saturated heterocycles. The average Bonchev–Trinajstić information content (AvgIpc) is 3.54. The van der Waals surface area contributed by atoms with Crippen LogP contribution < -0.4 is 14.9 Å². The molecule has 41 heavy (non-hydrogen) atoms. The SMILES string of the molecule is CNS(=O)(=O)c1cc(-c2sc(Nc3cccc(N4C(=O)CC[C@@H]4CO)n3)nc2C)cc2c1C(=O)N(C(C)C1CC1)C2. The van der Waals surface area contributed by atoms with Gasteiger partial charge in [0, 0.05) is 19.0 Å². The van der Waals surface area contributed by atoms with E-state index in [2.05, 4.69) is 20.0 Å². The molecule has 6 rings (SSSR count). The van der Waals surface area contributed by atoms with Crippen LogP contribution in [0.15, 0.2) is 35.2 Å². The lowest BCUT2D eigenvalue weighted by atomic mass is 10.0. The van der Waals surface area contributed by atoms with E-state index in [4.69, 9.17) is 0 Å². The molecule has 2 atom stereocenters. The summed E-state index contributed by atoms with van der Waals surface area (Å²) in [6, 6.07) is 8.51. The molecular formula is C28H32N6O5S2. The summed E-state index contributed by atoms with van der Waals surface area (Å²) in [6.45, 7) is 4.12. The van der Waals surface area contributed by atoms with Crippen LogP contribution in [0.2, 0.25) is 0 Å². The van der Waals surface area contributed by atoms with Crippen molar-refractivity contribution < 1.29 is 23.1 Å². The van der Waals surface area contributed by atoms with Crippen LogP contribution in [0.5, 0.6) is 0 Å². The molecule has 11 nitrogen and oxygen atoms in total. The molecule has 1 aliphatic carbocycles. The Balaban J connectivity index is 1.33. The van der Waals surface area contributed by atoms with E-state index in [-0.39, 0.29) is 41.0 Å². The standard InChI is InChI=1S/C28H32N6O5S2/c1-15-26(40-28(30-15)32-22-5-4-6-23(31-22)34-20(14-35)9-10-24(34)36)18-11-19-13-33(16(2)17-7-8-17)27(37)25(19)21(12-18)41(38,39)29-3/h4-6,11-12,16-17,20,29,35H,7-10,13-14H2,1-3H3,(H,30,31,32)/t16?,20-/m1/s1. The summed E-state index contributed by atoms with van der Waals surface area (Å²) in [5.74, 6) is 1.09. The van der Waals surface area contributed by atoms with Crippen molar-refractivity contribution in [3.8, 4) is 10.4 Å². The first-order valence-corrected chi connectivity index (χ1v) is 16.0. The lowest BCUT2D eigenvalue weighted by Gasteiger charge is -2.24. The number of aliphatic hydroxyl groups is 1. The molecule has 2 aromatic heterocycles. The molecule has 0 spiro atoms. The number of nitrogens with zero attached hydrogens (tertiary/aromatic N) is 4. The molecule has 0 bridgehead atoms. The third-order valence-electron chi connectivity index (χ3n) is 8.16. The van der Waals surface area contributed by atoms with Crippen LogP contribution in [0.25, 0.3) is 10.4 Å². The molecule has 2 amide bonds. The summed E-state index contributed by atoms with van der Waals surface area (Å²) in [6.07, 6.45) is 3.11. The minimum absolute atomic E-state index is 0.0200. The molecule has 216 valence electrons. The summed E-state index contributed by atoms with van der Waals surface area (Å²) < 4.78 is 28.6. The number of hydrogen-bond donors (Lipinski definition) is 3. The monoisotopic (exact) mass is 596 g/mol. The third-order valence-corrected chi connectivity index (χ3v) is 10.7. The Morgan fingerprint density at radius 1 is 1.17 bits per heavy atom. The minimum Gasteiger partial charge on any atom is -0.394 e. The number of aliphatic hydroxyl groups excluding tert-OH is 1. The second kappa shape index (κ2) is 10.5. The number of sulfonamides is 1. The van der Waals surface area contributed by atoms with E-state index in [0.29, 0.717) is 58.9 Å². The molecule has 3 N–H and O–H groups in total. The number of rotatable bonds is 9. The Hall–Kier alpha value is -3.39. The molecule has 1 unspecified atom stereocenters. The fourth-order valence-electron chi connectivity index (χ4n) is 5.74. The van der Waals surface area contributed by atoms with Gasteiger partial charge in [-0.2, -0.15) is 0 Å². The second-order valence-corrected chi connectivity index (χ2v) is 13.7. The number of benzene rings is 1. The van der Waals surface area contributed by atoms with Gasteiger partial charge in [-0.15, -0.1) is 0 Å². The van der Waals surface area contributed by atoms with Crippen LogP contribution in [-0.4, -0.2) is 65.9 Å². The summed E-state index contributed by atoms with van der Waals surface area (Å²) >= 11 is 1.35. The van der Waals surface area contributed by atoms with Crippen LogP contribution in [0.4, 0.5) is 16.8 Å². The van der Waals surface area contributed by atoms with Gasteiger partial charge in [0.2, 0.25) is 15.9 Å². The number of carbonyl (C=O) groups excluding carboxylic acids is 2. The number of aryl methyl sites for hydroxylation is 1.